The van der Waals surface area contributed by atoms with Crippen molar-refractivity contribution in [2.75, 3.05) is 13.2 Å². The van der Waals surface area contributed by atoms with Crippen LogP contribution in [-0.2, 0) is 23.9 Å². The van der Waals surface area contributed by atoms with Crippen LogP contribution in [0.15, 0.2) is 0 Å². The summed E-state index contributed by atoms with van der Waals surface area (Å²) in [7, 11) is 0. The molecule has 0 unspecified atom stereocenters. The van der Waals surface area contributed by atoms with E-state index < -0.39 is 18.0 Å². The average molecular weight is 414 g/mol. The summed E-state index contributed by atoms with van der Waals surface area (Å²) in [5.41, 5.74) is 0. The van der Waals surface area contributed by atoms with Crippen LogP contribution < -0.4 is 5.32 Å². The van der Waals surface area contributed by atoms with E-state index in [-0.39, 0.29) is 19.1 Å². The molecule has 0 aliphatic rings. The maximum atomic E-state index is 12.0. The van der Waals surface area contributed by atoms with Crippen molar-refractivity contribution in [1.82, 2.24) is 5.32 Å². The van der Waals surface area contributed by atoms with Crippen LogP contribution in [-0.4, -0.2) is 37.1 Å². The number of hydrogen-bond acceptors (Lipinski definition) is 5. The van der Waals surface area contributed by atoms with Crippen molar-refractivity contribution in [3.05, 3.63) is 0 Å². The molecular formula is C23H43NO5. The Bertz CT molecular complexity index is 421. The van der Waals surface area contributed by atoms with Gasteiger partial charge in [-0.05, 0) is 20.3 Å². The molecule has 0 atom stereocenters. The number of rotatable bonds is 19. The molecule has 29 heavy (non-hydrogen) atoms. The Morgan fingerprint density at radius 2 is 1.00 bits per heavy atom. The van der Waals surface area contributed by atoms with E-state index in [1.54, 1.807) is 13.8 Å². The second-order valence-corrected chi connectivity index (χ2v) is 7.50. The molecular weight excluding hydrogens is 370 g/mol. The van der Waals surface area contributed by atoms with Crippen LogP contribution in [0, 0.1) is 0 Å². The smallest absolute Gasteiger partial charge is 0.340 e. The summed E-state index contributed by atoms with van der Waals surface area (Å²) in [4.78, 5) is 35.7. The van der Waals surface area contributed by atoms with Crippen LogP contribution in [0.5, 0.6) is 0 Å². The van der Waals surface area contributed by atoms with Crippen molar-refractivity contribution in [1.29, 1.82) is 0 Å². The molecule has 170 valence electrons. The predicted octanol–water partition coefficient (Wildman–Crippen LogP) is 5.08. The van der Waals surface area contributed by atoms with Crippen molar-refractivity contribution >= 4 is 17.8 Å². The topological polar surface area (TPSA) is 81.7 Å². The third kappa shape index (κ3) is 16.0. The maximum absolute atomic E-state index is 12.0. The van der Waals surface area contributed by atoms with Gasteiger partial charge in [0.05, 0.1) is 13.2 Å². The summed E-state index contributed by atoms with van der Waals surface area (Å²) in [5.74, 6) is -1.87. The van der Waals surface area contributed by atoms with Crippen molar-refractivity contribution < 1.29 is 23.9 Å². The molecule has 0 aliphatic carbocycles. The molecule has 6 heteroatoms. The average Bonchev–Trinajstić information content (AvgIpc) is 2.70. The van der Waals surface area contributed by atoms with E-state index in [0.29, 0.717) is 6.42 Å². The zero-order chi connectivity index (χ0) is 21.7. The Hall–Kier alpha value is -1.59. The third-order valence-corrected chi connectivity index (χ3v) is 4.86. The quantitative estimate of drug-likeness (QED) is 0.181. The van der Waals surface area contributed by atoms with Gasteiger partial charge in [-0.15, -0.1) is 0 Å². The van der Waals surface area contributed by atoms with E-state index in [1.165, 1.54) is 64.2 Å². The van der Waals surface area contributed by atoms with Crippen molar-refractivity contribution in [2.24, 2.45) is 0 Å². The number of esters is 2. The first kappa shape index (κ1) is 27.4. The number of unbranched alkanes of at least 4 members (excludes halogenated alkanes) is 12. The predicted molar refractivity (Wildman–Crippen MR) is 116 cm³/mol. The summed E-state index contributed by atoms with van der Waals surface area (Å²) in [6.07, 6.45) is 16.4. The summed E-state index contributed by atoms with van der Waals surface area (Å²) < 4.78 is 9.68. The highest BCUT2D eigenvalue weighted by molar-refractivity contribution is 6.02. The zero-order valence-corrected chi connectivity index (χ0v) is 18.9. The molecule has 0 fully saturated rings. The molecule has 0 saturated heterocycles. The monoisotopic (exact) mass is 413 g/mol. The highest BCUT2D eigenvalue weighted by atomic mass is 16.6. The van der Waals surface area contributed by atoms with Gasteiger partial charge in [-0.25, -0.2) is 9.59 Å². The van der Waals surface area contributed by atoms with Gasteiger partial charge < -0.3 is 14.8 Å². The Morgan fingerprint density at radius 1 is 0.621 bits per heavy atom. The lowest BCUT2D eigenvalue weighted by molar-refractivity contribution is -0.159. The van der Waals surface area contributed by atoms with Gasteiger partial charge in [0.25, 0.3) is 0 Å². The first-order valence-electron chi connectivity index (χ1n) is 11.7. The first-order valence-corrected chi connectivity index (χ1v) is 11.7. The molecule has 0 heterocycles. The molecule has 0 aliphatic heterocycles. The van der Waals surface area contributed by atoms with Gasteiger partial charge in [0.15, 0.2) is 0 Å². The Kier molecular flexibility index (Phi) is 18.6. The van der Waals surface area contributed by atoms with Gasteiger partial charge in [-0.1, -0.05) is 84.0 Å². The van der Waals surface area contributed by atoms with Crippen molar-refractivity contribution in [3.63, 3.8) is 0 Å². The molecule has 1 N–H and O–H groups in total. The Balaban J connectivity index is 3.75. The van der Waals surface area contributed by atoms with Crippen molar-refractivity contribution in [2.45, 2.75) is 117 Å². The van der Waals surface area contributed by atoms with Crippen molar-refractivity contribution in [3.8, 4) is 0 Å². The standard InChI is InChI=1S/C23H43NO5/c1-4-7-8-9-10-11-12-13-14-15-16-17-18-19-20(25)24-21(22(26)28-5-2)23(27)29-6-3/h21H,4-19H2,1-3H3,(H,24,25). The van der Waals surface area contributed by atoms with Crippen LogP contribution in [0.2, 0.25) is 0 Å². The van der Waals surface area contributed by atoms with Gasteiger partial charge in [0.1, 0.15) is 0 Å². The molecule has 6 nitrogen and oxygen atoms in total. The molecule has 0 aromatic carbocycles. The Labute approximate surface area is 177 Å². The second kappa shape index (κ2) is 19.7. The van der Waals surface area contributed by atoms with Crippen LogP contribution >= 0.6 is 0 Å². The van der Waals surface area contributed by atoms with Gasteiger partial charge >= 0.3 is 11.9 Å². The van der Waals surface area contributed by atoms with Crippen LogP contribution in [0.25, 0.3) is 0 Å². The minimum atomic E-state index is -1.37. The number of nitrogens with one attached hydrogen (secondary N) is 1. The van der Waals surface area contributed by atoms with E-state index in [0.717, 1.165) is 19.3 Å². The van der Waals surface area contributed by atoms with Crippen LogP contribution in [0.4, 0.5) is 0 Å². The Morgan fingerprint density at radius 3 is 1.38 bits per heavy atom. The summed E-state index contributed by atoms with van der Waals surface area (Å²) in [6.45, 7) is 5.83. The van der Waals surface area contributed by atoms with Gasteiger partial charge in [0, 0.05) is 6.42 Å². The van der Waals surface area contributed by atoms with Gasteiger partial charge in [-0.3, -0.25) is 4.79 Å². The van der Waals surface area contributed by atoms with E-state index in [9.17, 15) is 14.4 Å². The minimum Gasteiger partial charge on any atom is -0.464 e. The molecule has 0 rings (SSSR count). The number of amides is 1. The summed E-state index contributed by atoms with van der Waals surface area (Å²) in [5, 5.41) is 2.44. The lowest BCUT2D eigenvalue weighted by atomic mass is 10.0. The largest absolute Gasteiger partial charge is 0.464 e. The molecule has 0 aromatic heterocycles. The molecule has 0 bridgehead atoms. The number of carbonyl (C=O) groups excluding carboxylic acids is 3. The summed E-state index contributed by atoms with van der Waals surface area (Å²) >= 11 is 0. The maximum Gasteiger partial charge on any atom is 0.340 e. The third-order valence-electron chi connectivity index (χ3n) is 4.86. The lowest BCUT2D eigenvalue weighted by Gasteiger charge is -2.15. The molecule has 1 amide bonds. The van der Waals surface area contributed by atoms with Crippen LogP contribution in [0.1, 0.15) is 111 Å². The summed E-state index contributed by atoms with van der Waals surface area (Å²) in [6, 6.07) is -1.37. The zero-order valence-electron chi connectivity index (χ0n) is 18.9. The highest BCUT2D eigenvalue weighted by Gasteiger charge is 2.30. The SMILES string of the molecule is CCCCCCCCCCCCCCCC(=O)NC(C(=O)OCC)C(=O)OCC. The fraction of sp³-hybridized carbons (Fsp3) is 0.870. The first-order chi connectivity index (χ1) is 14.1. The molecule has 0 spiro atoms. The van der Waals surface area contributed by atoms with Gasteiger partial charge in [0.2, 0.25) is 11.9 Å². The molecule has 0 radical (unpaired) electrons. The van der Waals surface area contributed by atoms with E-state index >= 15 is 0 Å². The number of carbonyl (C=O) groups is 3. The molecule has 0 aromatic rings. The highest BCUT2D eigenvalue weighted by Crippen LogP contribution is 2.13. The second-order valence-electron chi connectivity index (χ2n) is 7.50. The van der Waals surface area contributed by atoms with Gasteiger partial charge in [-0.2, -0.15) is 0 Å². The van der Waals surface area contributed by atoms with E-state index in [1.807, 2.05) is 0 Å². The number of hydrogen-bond donors (Lipinski definition) is 1. The van der Waals surface area contributed by atoms with Crippen LogP contribution in [0.3, 0.4) is 0 Å². The lowest BCUT2D eigenvalue weighted by Crippen LogP contribution is -2.48. The normalized spacial score (nSPS) is 10.8. The van der Waals surface area contributed by atoms with E-state index in [4.69, 9.17) is 9.47 Å². The van der Waals surface area contributed by atoms with E-state index in [2.05, 4.69) is 12.2 Å². The fourth-order valence-electron chi connectivity index (χ4n) is 3.20. The molecule has 0 saturated carbocycles. The number of ether oxygens (including phenoxy) is 2. The minimum absolute atomic E-state index is 0.142. The fourth-order valence-corrected chi connectivity index (χ4v) is 3.20.